The Morgan fingerprint density at radius 1 is 0.720 bits per heavy atom. The number of thioether (sulfide) groups is 1. The third-order valence-corrected chi connectivity index (χ3v) is 5.48. The van der Waals surface area contributed by atoms with Gasteiger partial charge in [-0.05, 0) is 48.5 Å². The third-order valence-electron chi connectivity index (χ3n) is 4.49. The standard InChI is InChI=1S/C21H33F3S/c1-2-25-18-12-10-8-6-4-3-5-7-9-11-13-19-14-16-20(17-15-19)21(22,23)24/h14-17H,2-13,18H2,1H3. The molecule has 0 aromatic heterocycles. The first-order chi connectivity index (χ1) is 12.0. The van der Waals surface area contributed by atoms with E-state index < -0.39 is 11.7 Å². The lowest BCUT2D eigenvalue weighted by molar-refractivity contribution is -0.137. The Kier molecular flexibility index (Phi) is 12.1. The van der Waals surface area contributed by atoms with Gasteiger partial charge in [-0.2, -0.15) is 24.9 Å². The molecule has 0 bridgehead atoms. The second kappa shape index (κ2) is 13.5. The number of hydrogen-bond acceptors (Lipinski definition) is 1. The van der Waals surface area contributed by atoms with Crippen molar-refractivity contribution in [3.8, 4) is 0 Å². The Bertz CT molecular complexity index is 426. The predicted octanol–water partition coefficient (Wildman–Crippen LogP) is 7.90. The van der Waals surface area contributed by atoms with Gasteiger partial charge in [0.15, 0.2) is 0 Å². The van der Waals surface area contributed by atoms with Crippen molar-refractivity contribution in [1.29, 1.82) is 0 Å². The van der Waals surface area contributed by atoms with E-state index >= 15 is 0 Å². The van der Waals surface area contributed by atoms with Crippen molar-refractivity contribution in [2.75, 3.05) is 11.5 Å². The molecule has 0 spiro atoms. The second-order valence-electron chi connectivity index (χ2n) is 6.68. The highest BCUT2D eigenvalue weighted by molar-refractivity contribution is 7.99. The molecule has 0 aliphatic heterocycles. The van der Waals surface area contributed by atoms with Crippen LogP contribution in [0.5, 0.6) is 0 Å². The van der Waals surface area contributed by atoms with Gasteiger partial charge in [-0.25, -0.2) is 0 Å². The van der Waals surface area contributed by atoms with Crippen LogP contribution >= 0.6 is 11.8 Å². The van der Waals surface area contributed by atoms with Crippen LogP contribution in [0.25, 0.3) is 0 Å². The van der Waals surface area contributed by atoms with E-state index in [0.717, 1.165) is 18.4 Å². The van der Waals surface area contributed by atoms with Gasteiger partial charge < -0.3 is 0 Å². The Morgan fingerprint density at radius 3 is 1.68 bits per heavy atom. The van der Waals surface area contributed by atoms with Crippen LogP contribution < -0.4 is 0 Å². The van der Waals surface area contributed by atoms with E-state index in [2.05, 4.69) is 6.92 Å². The van der Waals surface area contributed by atoms with Gasteiger partial charge in [0.25, 0.3) is 0 Å². The van der Waals surface area contributed by atoms with Crippen molar-refractivity contribution in [1.82, 2.24) is 0 Å². The van der Waals surface area contributed by atoms with Crippen molar-refractivity contribution in [2.24, 2.45) is 0 Å². The molecule has 0 radical (unpaired) electrons. The van der Waals surface area contributed by atoms with Crippen molar-refractivity contribution >= 4 is 11.8 Å². The van der Waals surface area contributed by atoms with Crippen LogP contribution in [0.15, 0.2) is 24.3 Å². The lowest BCUT2D eigenvalue weighted by atomic mass is 10.0. The highest BCUT2D eigenvalue weighted by Gasteiger charge is 2.29. The molecule has 0 aliphatic carbocycles. The maximum Gasteiger partial charge on any atom is 0.416 e. The number of rotatable bonds is 14. The van der Waals surface area contributed by atoms with Crippen LogP contribution in [0.2, 0.25) is 0 Å². The van der Waals surface area contributed by atoms with Gasteiger partial charge in [-0.15, -0.1) is 0 Å². The fraction of sp³-hybridized carbons (Fsp3) is 0.714. The molecule has 0 aliphatic rings. The molecule has 1 aromatic rings. The molecule has 0 heterocycles. The topological polar surface area (TPSA) is 0 Å². The molecule has 144 valence electrons. The molecule has 4 heteroatoms. The van der Waals surface area contributed by atoms with E-state index in [1.165, 1.54) is 81.4 Å². The lowest BCUT2D eigenvalue weighted by Crippen LogP contribution is -2.04. The molecule has 0 fully saturated rings. The van der Waals surface area contributed by atoms with Crippen molar-refractivity contribution in [3.05, 3.63) is 35.4 Å². The Morgan fingerprint density at radius 2 is 1.20 bits per heavy atom. The van der Waals surface area contributed by atoms with E-state index in [1.807, 2.05) is 11.8 Å². The number of halogens is 3. The second-order valence-corrected chi connectivity index (χ2v) is 8.07. The summed E-state index contributed by atoms with van der Waals surface area (Å²) in [5.74, 6) is 2.55. The minimum Gasteiger partial charge on any atom is -0.166 e. The summed E-state index contributed by atoms with van der Waals surface area (Å²) < 4.78 is 37.5. The first kappa shape index (κ1) is 22.4. The molecular weight excluding hydrogens is 341 g/mol. The van der Waals surface area contributed by atoms with E-state index in [9.17, 15) is 13.2 Å². The molecule has 0 unspecified atom stereocenters. The average molecular weight is 375 g/mol. The molecule has 0 atom stereocenters. The van der Waals surface area contributed by atoms with Gasteiger partial charge in [0.05, 0.1) is 5.56 Å². The van der Waals surface area contributed by atoms with Gasteiger partial charge >= 0.3 is 6.18 Å². The van der Waals surface area contributed by atoms with Crippen LogP contribution in [0.1, 0.15) is 82.3 Å². The minimum atomic E-state index is -4.23. The number of hydrogen-bond donors (Lipinski definition) is 0. The van der Waals surface area contributed by atoms with Crippen LogP contribution in [-0.2, 0) is 12.6 Å². The normalized spacial score (nSPS) is 11.8. The number of unbranched alkanes of at least 4 members (excludes halogenated alkanes) is 9. The van der Waals surface area contributed by atoms with Gasteiger partial charge in [-0.1, -0.05) is 70.4 Å². The first-order valence-corrected chi connectivity index (χ1v) is 10.9. The van der Waals surface area contributed by atoms with E-state index in [4.69, 9.17) is 0 Å². The lowest BCUT2D eigenvalue weighted by Gasteiger charge is -2.07. The third kappa shape index (κ3) is 11.6. The highest BCUT2D eigenvalue weighted by Crippen LogP contribution is 2.29. The largest absolute Gasteiger partial charge is 0.416 e. The molecule has 1 aromatic carbocycles. The molecule has 0 nitrogen and oxygen atoms in total. The zero-order valence-electron chi connectivity index (χ0n) is 15.5. The monoisotopic (exact) mass is 374 g/mol. The van der Waals surface area contributed by atoms with Gasteiger partial charge in [0, 0.05) is 0 Å². The van der Waals surface area contributed by atoms with Gasteiger partial charge in [-0.3, -0.25) is 0 Å². The molecule has 1 rings (SSSR count). The Labute approximate surface area is 156 Å². The summed E-state index contributed by atoms with van der Waals surface area (Å²) in [6.07, 6.45) is 9.58. The first-order valence-electron chi connectivity index (χ1n) is 9.78. The highest BCUT2D eigenvalue weighted by atomic mass is 32.2. The van der Waals surface area contributed by atoms with Crippen LogP contribution in [0.3, 0.4) is 0 Å². The van der Waals surface area contributed by atoms with Crippen molar-refractivity contribution < 1.29 is 13.2 Å². The van der Waals surface area contributed by atoms with Gasteiger partial charge in [0.1, 0.15) is 0 Å². The van der Waals surface area contributed by atoms with Crippen molar-refractivity contribution in [2.45, 2.75) is 83.7 Å². The van der Waals surface area contributed by atoms with Crippen LogP contribution in [0, 0.1) is 0 Å². The molecule has 0 amide bonds. The molecule has 0 N–H and O–H groups in total. The zero-order valence-corrected chi connectivity index (χ0v) is 16.4. The summed E-state index contributed by atoms with van der Waals surface area (Å²) in [7, 11) is 0. The predicted molar refractivity (Wildman–Crippen MR) is 104 cm³/mol. The molecule has 0 saturated heterocycles. The Hall–Kier alpha value is -0.640. The van der Waals surface area contributed by atoms with E-state index in [0.29, 0.717) is 0 Å². The Balaban J connectivity index is 1.92. The zero-order chi connectivity index (χ0) is 18.4. The number of aryl methyl sites for hydroxylation is 1. The summed E-state index contributed by atoms with van der Waals surface area (Å²) in [5, 5.41) is 0. The molecule has 25 heavy (non-hydrogen) atoms. The fourth-order valence-electron chi connectivity index (χ4n) is 2.95. The van der Waals surface area contributed by atoms with Gasteiger partial charge in [0.2, 0.25) is 0 Å². The van der Waals surface area contributed by atoms with Crippen LogP contribution in [0.4, 0.5) is 13.2 Å². The summed E-state index contributed by atoms with van der Waals surface area (Å²) in [4.78, 5) is 0. The number of alkyl halides is 3. The molecular formula is C21H33F3S. The average Bonchev–Trinajstić information content (AvgIpc) is 2.58. The summed E-state index contributed by atoms with van der Waals surface area (Å²) >= 11 is 2.04. The maximum absolute atomic E-state index is 12.5. The van der Waals surface area contributed by atoms with E-state index in [1.54, 1.807) is 12.1 Å². The summed E-state index contributed by atoms with van der Waals surface area (Å²) in [5.41, 5.74) is 0.453. The number of benzene rings is 1. The smallest absolute Gasteiger partial charge is 0.166 e. The van der Waals surface area contributed by atoms with Crippen molar-refractivity contribution in [3.63, 3.8) is 0 Å². The SMILES string of the molecule is CCSCCCCCCCCCCCCc1ccc(C(F)(F)F)cc1. The molecule has 0 saturated carbocycles. The van der Waals surface area contributed by atoms with Crippen LogP contribution in [-0.4, -0.2) is 11.5 Å². The quantitative estimate of drug-likeness (QED) is 0.298. The minimum absolute atomic E-state index is 0.555. The fourth-order valence-corrected chi connectivity index (χ4v) is 3.65. The summed E-state index contributed by atoms with van der Waals surface area (Å²) in [6.45, 7) is 2.22. The van der Waals surface area contributed by atoms with E-state index in [-0.39, 0.29) is 0 Å². The summed E-state index contributed by atoms with van der Waals surface area (Å²) in [6, 6.07) is 5.61. The maximum atomic E-state index is 12.5.